The van der Waals surface area contributed by atoms with E-state index in [1.807, 2.05) is 18.2 Å². The number of rotatable bonds is 4. The lowest BCUT2D eigenvalue weighted by Crippen LogP contribution is -2.14. The Morgan fingerprint density at radius 2 is 2.11 bits per heavy atom. The molecule has 2 nitrogen and oxygen atoms in total. The van der Waals surface area contributed by atoms with Gasteiger partial charge in [-0.1, -0.05) is 27.7 Å². The number of ketones is 1. The highest BCUT2D eigenvalue weighted by atomic mass is 16.5. The maximum absolute atomic E-state index is 12.3. The van der Waals surface area contributed by atoms with Gasteiger partial charge in [0, 0.05) is 18.4 Å². The Morgan fingerprint density at radius 3 is 2.79 bits per heavy atom. The van der Waals surface area contributed by atoms with Crippen LogP contribution in [0, 0.1) is 11.3 Å². The molecule has 1 aliphatic heterocycles. The van der Waals surface area contributed by atoms with Crippen molar-refractivity contribution < 1.29 is 9.53 Å². The molecule has 2 rings (SSSR count). The molecule has 0 saturated carbocycles. The Balaban J connectivity index is 2.00. The fourth-order valence-corrected chi connectivity index (χ4v) is 2.91. The second-order valence-corrected chi connectivity index (χ2v) is 6.92. The zero-order chi connectivity index (χ0) is 14.0. The van der Waals surface area contributed by atoms with Crippen molar-refractivity contribution in [1.82, 2.24) is 0 Å². The van der Waals surface area contributed by atoms with Gasteiger partial charge in [-0.05, 0) is 41.5 Å². The summed E-state index contributed by atoms with van der Waals surface area (Å²) in [6, 6.07) is 5.84. The molecule has 1 aromatic rings. The molecule has 0 aliphatic carbocycles. The molecule has 1 unspecified atom stereocenters. The highest BCUT2D eigenvalue weighted by molar-refractivity contribution is 5.96. The molecule has 0 amide bonds. The van der Waals surface area contributed by atoms with Crippen LogP contribution in [-0.2, 0) is 6.42 Å². The normalized spacial score (nSPS) is 15.8. The maximum Gasteiger partial charge on any atom is 0.163 e. The first-order valence-corrected chi connectivity index (χ1v) is 7.14. The van der Waals surface area contributed by atoms with Crippen LogP contribution < -0.4 is 4.74 Å². The Morgan fingerprint density at radius 1 is 1.37 bits per heavy atom. The molecule has 1 heterocycles. The Hall–Kier alpha value is -1.31. The Labute approximate surface area is 116 Å². The largest absolute Gasteiger partial charge is 0.493 e. The molecule has 1 atom stereocenters. The minimum absolute atomic E-state index is 0.256. The number of benzene rings is 1. The van der Waals surface area contributed by atoms with Crippen molar-refractivity contribution >= 4 is 5.78 Å². The predicted octanol–water partition coefficient (Wildman–Crippen LogP) is 4.27. The van der Waals surface area contributed by atoms with E-state index in [2.05, 4.69) is 27.7 Å². The SMILES string of the molecule is CC(CC(=O)c1ccc2c(c1)CCO2)CC(C)(C)C. The highest BCUT2D eigenvalue weighted by Crippen LogP contribution is 2.29. The maximum atomic E-state index is 12.3. The van der Waals surface area contributed by atoms with E-state index >= 15 is 0 Å². The van der Waals surface area contributed by atoms with E-state index in [1.54, 1.807) is 0 Å². The van der Waals surface area contributed by atoms with Gasteiger partial charge in [-0.15, -0.1) is 0 Å². The number of fused-ring (bicyclic) bond motifs is 1. The zero-order valence-electron chi connectivity index (χ0n) is 12.5. The number of hydrogen-bond donors (Lipinski definition) is 0. The minimum Gasteiger partial charge on any atom is -0.493 e. The third-order valence-corrected chi connectivity index (χ3v) is 3.51. The predicted molar refractivity (Wildman–Crippen MR) is 77.8 cm³/mol. The molecule has 2 heteroatoms. The third kappa shape index (κ3) is 3.82. The Bertz CT molecular complexity index is 469. The van der Waals surface area contributed by atoms with E-state index in [9.17, 15) is 4.79 Å². The number of carbonyl (C=O) groups excluding carboxylic acids is 1. The number of ether oxygens (including phenoxy) is 1. The van der Waals surface area contributed by atoms with Gasteiger partial charge in [-0.25, -0.2) is 0 Å². The third-order valence-electron chi connectivity index (χ3n) is 3.51. The average molecular weight is 260 g/mol. The molecule has 0 aromatic heterocycles. The molecule has 0 bridgehead atoms. The standard InChI is InChI=1S/C17H24O2/c1-12(11-17(2,3)4)9-15(18)13-5-6-16-14(10-13)7-8-19-16/h5-6,10,12H,7-9,11H2,1-4H3. The molecule has 1 aliphatic rings. The van der Waals surface area contributed by atoms with Crippen LogP contribution >= 0.6 is 0 Å². The van der Waals surface area contributed by atoms with Gasteiger partial charge >= 0.3 is 0 Å². The van der Waals surface area contributed by atoms with Crippen molar-refractivity contribution in [3.05, 3.63) is 29.3 Å². The molecule has 0 N–H and O–H groups in total. The summed E-state index contributed by atoms with van der Waals surface area (Å²) in [6.45, 7) is 9.58. The van der Waals surface area contributed by atoms with E-state index < -0.39 is 0 Å². The summed E-state index contributed by atoms with van der Waals surface area (Å²) in [5.41, 5.74) is 2.30. The lowest BCUT2D eigenvalue weighted by Gasteiger charge is -2.22. The lowest BCUT2D eigenvalue weighted by atomic mass is 9.83. The average Bonchev–Trinajstić information content (AvgIpc) is 2.72. The topological polar surface area (TPSA) is 26.3 Å². The first-order chi connectivity index (χ1) is 8.85. The van der Waals surface area contributed by atoms with Gasteiger partial charge in [0.1, 0.15) is 5.75 Å². The molecule has 0 saturated heterocycles. The molecule has 19 heavy (non-hydrogen) atoms. The molecule has 1 aromatic carbocycles. The summed E-state index contributed by atoms with van der Waals surface area (Å²) in [6.07, 6.45) is 2.64. The van der Waals surface area contributed by atoms with Crippen LogP contribution in [0.15, 0.2) is 18.2 Å². The lowest BCUT2D eigenvalue weighted by molar-refractivity contribution is 0.0954. The second kappa shape index (κ2) is 5.36. The van der Waals surface area contributed by atoms with Crippen molar-refractivity contribution in [2.24, 2.45) is 11.3 Å². The van der Waals surface area contributed by atoms with Gasteiger partial charge in [0.05, 0.1) is 6.61 Å². The number of hydrogen-bond acceptors (Lipinski definition) is 2. The molecule has 104 valence electrons. The van der Waals surface area contributed by atoms with Gasteiger partial charge in [0.15, 0.2) is 5.78 Å². The van der Waals surface area contributed by atoms with Gasteiger partial charge in [-0.3, -0.25) is 4.79 Å². The summed E-state index contributed by atoms with van der Waals surface area (Å²) < 4.78 is 5.47. The summed E-state index contributed by atoms with van der Waals surface area (Å²) >= 11 is 0. The fourth-order valence-electron chi connectivity index (χ4n) is 2.91. The van der Waals surface area contributed by atoms with Crippen LogP contribution in [0.25, 0.3) is 0 Å². The number of carbonyl (C=O) groups is 1. The minimum atomic E-state index is 0.256. The van der Waals surface area contributed by atoms with Gasteiger partial charge < -0.3 is 4.74 Å². The van der Waals surface area contributed by atoms with E-state index in [-0.39, 0.29) is 11.2 Å². The second-order valence-electron chi connectivity index (χ2n) is 6.92. The van der Waals surface area contributed by atoms with Crippen LogP contribution in [0.1, 0.15) is 56.5 Å². The van der Waals surface area contributed by atoms with Gasteiger partial charge in [0.2, 0.25) is 0 Å². The van der Waals surface area contributed by atoms with Crippen molar-refractivity contribution in [3.63, 3.8) is 0 Å². The smallest absolute Gasteiger partial charge is 0.163 e. The van der Waals surface area contributed by atoms with Gasteiger partial charge in [0.25, 0.3) is 0 Å². The van der Waals surface area contributed by atoms with E-state index in [0.717, 1.165) is 30.8 Å². The fraction of sp³-hybridized carbons (Fsp3) is 0.588. The van der Waals surface area contributed by atoms with E-state index in [0.29, 0.717) is 12.3 Å². The highest BCUT2D eigenvalue weighted by Gasteiger charge is 2.20. The van der Waals surface area contributed by atoms with Crippen LogP contribution in [-0.4, -0.2) is 12.4 Å². The molecule has 0 spiro atoms. The van der Waals surface area contributed by atoms with Crippen LogP contribution in [0.3, 0.4) is 0 Å². The van der Waals surface area contributed by atoms with Crippen molar-refractivity contribution in [2.45, 2.75) is 47.0 Å². The molecular weight excluding hydrogens is 236 g/mol. The van der Waals surface area contributed by atoms with E-state index in [4.69, 9.17) is 4.74 Å². The Kier molecular flexibility index (Phi) is 3.98. The van der Waals surface area contributed by atoms with Crippen molar-refractivity contribution in [1.29, 1.82) is 0 Å². The van der Waals surface area contributed by atoms with Gasteiger partial charge in [-0.2, -0.15) is 0 Å². The van der Waals surface area contributed by atoms with E-state index in [1.165, 1.54) is 5.56 Å². The number of Topliss-reactive ketones (excluding diaryl/α,β-unsaturated/α-hetero) is 1. The summed E-state index contributed by atoms with van der Waals surface area (Å²) in [5, 5.41) is 0. The quantitative estimate of drug-likeness (QED) is 0.756. The van der Waals surface area contributed by atoms with Crippen molar-refractivity contribution in [2.75, 3.05) is 6.61 Å². The summed E-state index contributed by atoms with van der Waals surface area (Å²) in [4.78, 5) is 12.3. The van der Waals surface area contributed by atoms with Crippen LogP contribution in [0.5, 0.6) is 5.75 Å². The summed E-state index contributed by atoms with van der Waals surface area (Å²) in [7, 11) is 0. The zero-order valence-corrected chi connectivity index (χ0v) is 12.5. The van der Waals surface area contributed by atoms with Crippen LogP contribution in [0.4, 0.5) is 0 Å². The monoisotopic (exact) mass is 260 g/mol. The first kappa shape index (κ1) is 14.1. The molecule has 0 radical (unpaired) electrons. The summed E-state index contributed by atoms with van der Waals surface area (Å²) in [5.74, 6) is 1.63. The molecule has 0 fully saturated rings. The first-order valence-electron chi connectivity index (χ1n) is 7.14. The van der Waals surface area contributed by atoms with Crippen LogP contribution in [0.2, 0.25) is 0 Å². The molecular formula is C17H24O2. The van der Waals surface area contributed by atoms with Crippen molar-refractivity contribution in [3.8, 4) is 5.75 Å².